The van der Waals surface area contributed by atoms with E-state index >= 15 is 0 Å². The molecule has 0 saturated heterocycles. The van der Waals surface area contributed by atoms with Gasteiger partial charge in [0.2, 0.25) is 0 Å². The van der Waals surface area contributed by atoms with E-state index in [-0.39, 0.29) is 32.9 Å². The summed E-state index contributed by atoms with van der Waals surface area (Å²) in [4.78, 5) is 0. The molecule has 0 aromatic carbocycles. The van der Waals surface area contributed by atoms with Gasteiger partial charge < -0.3 is 32.9 Å². The van der Waals surface area contributed by atoms with Crippen LogP contribution in [-0.2, 0) is 0 Å². The molecule has 12 N–H and O–H groups in total. The summed E-state index contributed by atoms with van der Waals surface area (Å²) >= 11 is 2.31. The van der Waals surface area contributed by atoms with Gasteiger partial charge in [0.1, 0.15) is 0 Å². The molecule has 0 unspecified atom stereocenters. The summed E-state index contributed by atoms with van der Waals surface area (Å²) in [6.07, 6.45) is 0. The zero-order chi connectivity index (χ0) is 2.00. The summed E-state index contributed by atoms with van der Waals surface area (Å²) in [6.45, 7) is 4.47. The predicted octanol–water partition coefficient (Wildman–Crippen LogP) is -4.26. The van der Waals surface area contributed by atoms with Crippen LogP contribution in [0.4, 0.5) is 0 Å². The van der Waals surface area contributed by atoms with Gasteiger partial charge in [-0.1, -0.05) is 0 Å². The van der Waals surface area contributed by atoms with Crippen LogP contribution in [0.5, 0.6) is 0 Å². The molecule has 0 aliphatic heterocycles. The Hall–Kier alpha value is 1.28. The molecule has 0 radical (unpaired) electrons. The van der Waals surface area contributed by atoms with Gasteiger partial charge in [0.25, 0.3) is 0 Å². The van der Waals surface area contributed by atoms with Crippen molar-refractivity contribution in [2.75, 3.05) is 0 Å². The van der Waals surface area contributed by atoms with E-state index in [1.54, 1.807) is 0 Å². The van der Waals surface area contributed by atoms with Gasteiger partial charge in [0.15, 0.2) is 0 Å². The van der Waals surface area contributed by atoms with Crippen LogP contribution in [0, 0.1) is 33.5 Å². The molecular weight excluding hydrogens is 306 g/mol. The Morgan fingerprint density at radius 1 is 0.500 bits per heavy atom. The first-order valence-corrected chi connectivity index (χ1v) is 2.17. The van der Waals surface area contributed by atoms with Crippen molar-refractivity contribution in [3.63, 3.8) is 0 Å². The second kappa shape index (κ2) is 267. The van der Waals surface area contributed by atoms with Crippen molar-refractivity contribution >= 4 is 6.55 Å². The fraction of sp³-hybridized carbons (Fsp3) is 0. The Labute approximate surface area is 72.5 Å². The zero-order valence-electron chi connectivity index (χ0n) is 3.64. The molecular formula is H12ClLuO6. The first-order valence-electron chi connectivity index (χ1n) is 0.0976. The standard InChI is InChI=1S/ClH.Lu.6H2O/h1H;;6*1H2/q;+1;;;;;;/p-1. The number of halogens is 1. The summed E-state index contributed by atoms with van der Waals surface area (Å²) in [7, 11) is 0. The number of hydrogen-bond donors (Lipinski definition) is 0. The average Bonchev–Trinajstić information content (AvgIpc) is 1.00. The van der Waals surface area contributed by atoms with Gasteiger partial charge in [0, 0.05) is 0 Å². The molecule has 0 rings (SSSR count). The Kier molecular flexibility index (Phi) is 4070. The van der Waals surface area contributed by atoms with Gasteiger partial charge in [-0.2, -0.15) is 0 Å². The molecule has 0 bridgehead atoms. The van der Waals surface area contributed by atoms with Crippen LogP contribution >= 0.6 is 6.55 Å². The van der Waals surface area contributed by atoms with E-state index in [2.05, 4.69) is 40.0 Å². The van der Waals surface area contributed by atoms with Crippen LogP contribution in [0.2, 0.25) is 0 Å². The third kappa shape index (κ3) is 175. The molecule has 0 fully saturated rings. The van der Waals surface area contributed by atoms with Crippen LogP contribution < -0.4 is 0 Å². The van der Waals surface area contributed by atoms with Crippen molar-refractivity contribution in [2.24, 2.45) is 0 Å². The first-order chi connectivity index (χ1) is 1.00. The van der Waals surface area contributed by atoms with Gasteiger partial charge in [-0.05, 0) is 0 Å². The molecule has 0 amide bonds. The summed E-state index contributed by atoms with van der Waals surface area (Å²) in [5.74, 6) is 0. The Morgan fingerprint density at radius 2 is 0.500 bits per heavy atom. The Bertz CT molecular complexity index is 8.49. The van der Waals surface area contributed by atoms with E-state index in [1.165, 1.54) is 0 Å². The van der Waals surface area contributed by atoms with Gasteiger partial charge >= 0.3 is 40.0 Å². The molecule has 0 aromatic heterocycles. The maximum absolute atomic E-state index is 4.47. The molecule has 0 atom stereocenters. The van der Waals surface area contributed by atoms with Crippen molar-refractivity contribution in [3.05, 3.63) is 0 Å². The third-order valence-electron chi connectivity index (χ3n) is 0. The van der Waals surface area contributed by atoms with Crippen molar-refractivity contribution in [1.82, 2.24) is 0 Å². The third-order valence-corrected chi connectivity index (χ3v) is 0. The van der Waals surface area contributed by atoms with Crippen LogP contribution in [0.25, 0.3) is 0 Å². The van der Waals surface area contributed by atoms with Crippen molar-refractivity contribution < 1.29 is 66.3 Å². The maximum atomic E-state index is 4.47. The second-order valence-corrected chi connectivity index (χ2v) is 0. The quantitative estimate of drug-likeness (QED) is 0.418. The van der Waals surface area contributed by atoms with E-state index in [0.717, 1.165) is 0 Å². The van der Waals surface area contributed by atoms with E-state index in [4.69, 9.17) is 0 Å². The molecule has 8 heavy (non-hydrogen) atoms. The molecule has 0 aliphatic carbocycles. The van der Waals surface area contributed by atoms with Gasteiger partial charge in [0.05, 0.1) is 0 Å². The van der Waals surface area contributed by atoms with Gasteiger partial charge in [-0.15, -0.1) is 0 Å². The molecule has 0 aliphatic rings. The van der Waals surface area contributed by atoms with E-state index in [9.17, 15) is 0 Å². The zero-order valence-corrected chi connectivity index (χ0v) is 6.05. The summed E-state index contributed by atoms with van der Waals surface area (Å²) in [5.41, 5.74) is 0. The summed E-state index contributed by atoms with van der Waals surface area (Å²) in [5, 5.41) is 0. The molecule has 6 nitrogen and oxygen atoms in total. The molecule has 8 heteroatoms. The molecule has 0 aromatic rings. The SMILES string of the molecule is O.O.O.O.O.O.[Cl][Lu]. The fourth-order valence-corrected chi connectivity index (χ4v) is 0. The minimum atomic E-state index is 0. The Balaban J connectivity index is -0.000000000333. The number of rotatable bonds is 0. The normalized spacial score (nSPS) is 0.875. The molecule has 0 saturated carbocycles. The molecule has 70 valence electrons. The van der Waals surface area contributed by atoms with Crippen LogP contribution in [0.3, 0.4) is 0 Å². The van der Waals surface area contributed by atoms with Crippen LogP contribution in [-0.4, -0.2) is 32.9 Å². The van der Waals surface area contributed by atoms with E-state index < -0.39 is 0 Å². The van der Waals surface area contributed by atoms with Crippen molar-refractivity contribution in [3.8, 4) is 0 Å². The molecule has 0 spiro atoms. The fourth-order valence-electron chi connectivity index (χ4n) is 0. The van der Waals surface area contributed by atoms with Gasteiger partial charge in [-0.3, -0.25) is 0 Å². The Morgan fingerprint density at radius 3 is 0.500 bits per heavy atom. The van der Waals surface area contributed by atoms with Crippen molar-refractivity contribution in [1.29, 1.82) is 0 Å². The van der Waals surface area contributed by atoms with E-state index in [1.807, 2.05) is 0 Å². The van der Waals surface area contributed by atoms with Crippen molar-refractivity contribution in [2.45, 2.75) is 0 Å². The number of hydrogen-bond acceptors (Lipinski definition) is 0. The predicted molar refractivity (Wildman–Crippen MR) is 27.5 cm³/mol. The summed E-state index contributed by atoms with van der Waals surface area (Å²) < 4.78 is 0. The van der Waals surface area contributed by atoms with Crippen LogP contribution in [0.15, 0.2) is 0 Å². The average molecular weight is 319 g/mol. The monoisotopic (exact) mass is 318 g/mol. The van der Waals surface area contributed by atoms with Gasteiger partial charge in [-0.25, -0.2) is 0 Å². The van der Waals surface area contributed by atoms with E-state index in [0.29, 0.717) is 0 Å². The minimum absolute atomic E-state index is 0. The summed E-state index contributed by atoms with van der Waals surface area (Å²) in [6, 6.07) is 0. The first kappa shape index (κ1) is 122. The molecule has 0 heterocycles. The van der Waals surface area contributed by atoms with Crippen LogP contribution in [0.1, 0.15) is 0 Å². The topological polar surface area (TPSA) is 189 Å². The second-order valence-electron chi connectivity index (χ2n) is 0.